The number of thioether (sulfide) groups is 2. The number of ether oxygens (including phenoxy) is 2. The van der Waals surface area contributed by atoms with Gasteiger partial charge in [0.05, 0.1) is 25.0 Å². The molecule has 4 N–H and O–H groups in total. The highest BCUT2D eigenvalue weighted by Gasteiger charge is 2.45. The molecule has 314 valence electrons. The smallest absolute Gasteiger partial charge is 0.328 e. The Balaban J connectivity index is 1.22. The second-order valence-corrected chi connectivity index (χ2v) is 18.1. The number of hydrogen-bond acceptors (Lipinski definition) is 12. The van der Waals surface area contributed by atoms with Crippen LogP contribution in [0.5, 0.6) is 11.5 Å². The Bertz CT molecular complexity index is 1670. The van der Waals surface area contributed by atoms with Crippen LogP contribution in [0.1, 0.15) is 75.3 Å². The molecule has 4 aliphatic rings. The number of benzene rings is 2. The Morgan fingerprint density at radius 3 is 1.38 bits per heavy atom. The highest BCUT2D eigenvalue weighted by atomic mass is 32.2. The summed E-state index contributed by atoms with van der Waals surface area (Å²) in [5.41, 5.74) is 1.56. The molecule has 0 aromatic heterocycles. The van der Waals surface area contributed by atoms with Gasteiger partial charge in [-0.3, -0.25) is 19.2 Å². The summed E-state index contributed by atoms with van der Waals surface area (Å²) in [5.74, 6) is -2.33. The van der Waals surface area contributed by atoms with Crippen molar-refractivity contribution in [2.45, 2.75) is 112 Å². The average Bonchev–Trinajstić information content (AvgIpc) is 3.49. The molecule has 4 aliphatic heterocycles. The number of carbonyl (C=O) groups excluding carboxylic acids is 6. The fraction of sp³-hybridized carbons (Fsp3) is 0.571. The zero-order valence-corrected chi connectivity index (χ0v) is 34.6. The van der Waals surface area contributed by atoms with E-state index in [4.69, 9.17) is 9.47 Å². The molecule has 8 atom stereocenters. The number of rotatable bonds is 13. The van der Waals surface area contributed by atoms with Crippen molar-refractivity contribution in [3.63, 3.8) is 0 Å². The van der Waals surface area contributed by atoms with E-state index < -0.39 is 47.9 Å². The number of nitrogens with one attached hydrogen (secondary N) is 2. The van der Waals surface area contributed by atoms with Gasteiger partial charge in [0.2, 0.25) is 23.6 Å². The van der Waals surface area contributed by atoms with Gasteiger partial charge in [-0.2, -0.15) is 0 Å². The first-order chi connectivity index (χ1) is 28.0. The van der Waals surface area contributed by atoms with Gasteiger partial charge < -0.3 is 40.1 Å². The third-order valence-electron chi connectivity index (χ3n) is 11.7. The number of aromatic hydroxyl groups is 2. The highest BCUT2D eigenvalue weighted by Crippen LogP contribution is 2.36. The molecule has 6 rings (SSSR count). The first-order valence-corrected chi connectivity index (χ1v) is 22.3. The Hall–Kier alpha value is -4.44. The second-order valence-electron chi connectivity index (χ2n) is 15.5. The SMILES string of the molecule is COC(=O)[C@@H]1CCC[C@@H]2SCC[C@H](NC(=O)[C@H](CC[C@H](Cc3ccc(O)cc3)C(=O)N[C@H]3CCS[C@H]4CCC[C@@H](C(=O)OC)N4C3=O)Cc3ccc(O)cc3)C(=O)N21. The maximum atomic E-state index is 14.3. The van der Waals surface area contributed by atoms with Crippen molar-refractivity contribution in [1.82, 2.24) is 20.4 Å². The molecule has 2 aromatic rings. The number of methoxy groups -OCH3 is 2. The maximum absolute atomic E-state index is 14.3. The zero-order valence-electron chi connectivity index (χ0n) is 33.0. The van der Waals surface area contributed by atoms with Gasteiger partial charge in [0, 0.05) is 11.8 Å². The molecule has 2 aromatic carbocycles. The van der Waals surface area contributed by atoms with E-state index in [1.807, 2.05) is 0 Å². The minimum atomic E-state index is -0.861. The Morgan fingerprint density at radius 1 is 0.638 bits per heavy atom. The molecule has 14 nitrogen and oxygen atoms in total. The molecule has 4 heterocycles. The largest absolute Gasteiger partial charge is 0.508 e. The number of nitrogens with zero attached hydrogens (tertiary/aromatic N) is 2. The van der Waals surface area contributed by atoms with E-state index in [2.05, 4.69) is 10.6 Å². The van der Waals surface area contributed by atoms with Crippen molar-refractivity contribution < 1.29 is 48.5 Å². The third kappa shape index (κ3) is 10.4. The van der Waals surface area contributed by atoms with Crippen LogP contribution >= 0.6 is 23.5 Å². The number of hydrogen-bond donors (Lipinski definition) is 4. The minimum Gasteiger partial charge on any atom is -0.508 e. The fourth-order valence-electron chi connectivity index (χ4n) is 8.57. The predicted octanol–water partition coefficient (Wildman–Crippen LogP) is 3.90. The van der Waals surface area contributed by atoms with Gasteiger partial charge in [-0.25, -0.2) is 9.59 Å². The molecule has 0 radical (unpaired) electrons. The summed E-state index contributed by atoms with van der Waals surface area (Å²) in [6, 6.07) is 9.92. The molecule has 58 heavy (non-hydrogen) atoms. The van der Waals surface area contributed by atoms with Crippen LogP contribution in [0.25, 0.3) is 0 Å². The van der Waals surface area contributed by atoms with E-state index in [1.54, 1.807) is 81.9 Å². The van der Waals surface area contributed by atoms with E-state index in [0.717, 1.165) is 36.8 Å². The van der Waals surface area contributed by atoms with Crippen molar-refractivity contribution >= 4 is 59.1 Å². The molecular formula is C42H54N4O10S2. The molecule has 0 bridgehead atoms. The summed E-state index contributed by atoms with van der Waals surface area (Å²) in [6.07, 6.45) is 5.80. The first-order valence-electron chi connectivity index (χ1n) is 20.2. The third-order valence-corrected chi connectivity index (χ3v) is 14.3. The summed E-state index contributed by atoms with van der Waals surface area (Å²) in [4.78, 5) is 85.6. The van der Waals surface area contributed by atoms with Crippen LogP contribution in [0.15, 0.2) is 48.5 Å². The predicted molar refractivity (Wildman–Crippen MR) is 218 cm³/mol. The lowest BCUT2D eigenvalue weighted by Crippen LogP contribution is -2.58. The lowest BCUT2D eigenvalue weighted by Gasteiger charge is -2.40. The second kappa shape index (κ2) is 20.0. The van der Waals surface area contributed by atoms with Gasteiger partial charge in [0.15, 0.2) is 0 Å². The highest BCUT2D eigenvalue weighted by molar-refractivity contribution is 8.00. The lowest BCUT2D eigenvalue weighted by atomic mass is 9.86. The quantitative estimate of drug-likeness (QED) is 0.213. The van der Waals surface area contributed by atoms with E-state index in [1.165, 1.54) is 14.2 Å². The molecule has 0 spiro atoms. The summed E-state index contributed by atoms with van der Waals surface area (Å²) < 4.78 is 10.1. The van der Waals surface area contributed by atoms with Crippen LogP contribution in [0.4, 0.5) is 0 Å². The van der Waals surface area contributed by atoms with E-state index in [-0.39, 0.29) is 71.6 Å². The van der Waals surface area contributed by atoms with Crippen molar-refractivity contribution in [2.24, 2.45) is 11.8 Å². The topological polar surface area (TPSA) is 192 Å². The van der Waals surface area contributed by atoms with E-state index >= 15 is 0 Å². The van der Waals surface area contributed by atoms with Crippen molar-refractivity contribution in [2.75, 3.05) is 25.7 Å². The summed E-state index contributed by atoms with van der Waals surface area (Å²) >= 11 is 3.20. The molecule has 0 aliphatic carbocycles. The van der Waals surface area contributed by atoms with Crippen LogP contribution in [0.2, 0.25) is 0 Å². The summed E-state index contributed by atoms with van der Waals surface area (Å²) in [6.45, 7) is 0. The van der Waals surface area contributed by atoms with E-state index in [0.29, 0.717) is 37.2 Å². The number of fused-ring (bicyclic) bond motifs is 2. The number of amides is 4. The van der Waals surface area contributed by atoms with Gasteiger partial charge in [-0.15, -0.1) is 23.5 Å². The normalized spacial score (nSPS) is 25.8. The van der Waals surface area contributed by atoms with Gasteiger partial charge >= 0.3 is 11.9 Å². The fourth-order valence-corrected chi connectivity index (χ4v) is 11.3. The minimum absolute atomic E-state index is 0.0772. The molecule has 0 unspecified atom stereocenters. The van der Waals surface area contributed by atoms with Crippen LogP contribution in [0.3, 0.4) is 0 Å². The van der Waals surface area contributed by atoms with Gasteiger partial charge in [-0.05, 0) is 124 Å². The number of piperidine rings is 2. The summed E-state index contributed by atoms with van der Waals surface area (Å²) in [5, 5.41) is 25.6. The van der Waals surface area contributed by atoms with Crippen LogP contribution in [0, 0.1) is 11.8 Å². The Morgan fingerprint density at radius 2 is 1.02 bits per heavy atom. The van der Waals surface area contributed by atoms with Crippen LogP contribution in [-0.2, 0) is 51.1 Å². The molecular weight excluding hydrogens is 785 g/mol. The molecule has 4 amide bonds. The average molecular weight is 839 g/mol. The number of esters is 2. The number of phenolic OH excluding ortho intramolecular Hbond substituents is 2. The van der Waals surface area contributed by atoms with Crippen molar-refractivity contribution in [1.29, 1.82) is 0 Å². The van der Waals surface area contributed by atoms with E-state index in [9.17, 15) is 39.0 Å². The molecule has 0 saturated carbocycles. The zero-order chi connectivity index (χ0) is 41.3. The van der Waals surface area contributed by atoms with Gasteiger partial charge in [0.25, 0.3) is 0 Å². The standard InChI is InChI=1S/C42H54N4O10S2/c1-55-41(53)33-5-3-7-35-45(33)39(51)31(19-21-57-35)43-37(49)27(23-25-9-15-29(47)16-10-25)13-14-28(24-26-11-17-30(48)18-12-26)38(50)44-32-20-22-58-36-8-4-6-34(42(54)56-2)46(36)40(32)52/h9-12,15-18,27-28,31-36,47-48H,3-8,13-14,19-24H2,1-2H3,(H,43,49)(H,44,50)/t27-,28-,31+,32+,33+,34+,35+,36+/m1/s1. The first kappa shape index (κ1) is 43.1. The van der Waals surface area contributed by atoms with Crippen LogP contribution < -0.4 is 10.6 Å². The van der Waals surface area contributed by atoms with Crippen LogP contribution in [-0.4, -0.2) is 116 Å². The monoisotopic (exact) mass is 838 g/mol. The summed E-state index contributed by atoms with van der Waals surface area (Å²) in [7, 11) is 2.61. The maximum Gasteiger partial charge on any atom is 0.328 e. The van der Waals surface area contributed by atoms with Gasteiger partial charge in [0.1, 0.15) is 35.7 Å². The Kier molecular flexibility index (Phi) is 14.9. The molecule has 4 saturated heterocycles. The van der Waals surface area contributed by atoms with Gasteiger partial charge in [-0.1, -0.05) is 24.3 Å². The molecule has 4 fully saturated rings. The molecule has 16 heteroatoms. The van der Waals surface area contributed by atoms with Crippen molar-refractivity contribution in [3.8, 4) is 11.5 Å². The number of phenols is 2. The Labute approximate surface area is 347 Å². The van der Waals surface area contributed by atoms with Crippen molar-refractivity contribution in [3.05, 3.63) is 59.7 Å². The number of carbonyl (C=O) groups is 6. The lowest BCUT2D eigenvalue weighted by molar-refractivity contribution is -0.156.